The number of amides is 1. The van der Waals surface area contributed by atoms with E-state index in [1.165, 1.54) is 40.9 Å². The van der Waals surface area contributed by atoms with E-state index in [0.29, 0.717) is 20.5 Å². The number of benzene rings is 2. The molecule has 1 aliphatic rings. The van der Waals surface area contributed by atoms with Crippen molar-refractivity contribution in [3.05, 3.63) is 70.1 Å². The Labute approximate surface area is 153 Å². The van der Waals surface area contributed by atoms with Crippen molar-refractivity contribution in [3.8, 4) is 6.07 Å². The lowest BCUT2D eigenvalue weighted by molar-refractivity contribution is -0.255. The molecule has 0 N–H and O–H groups in total. The maximum Gasteiger partial charge on any atom is 0.270 e. The van der Waals surface area contributed by atoms with Crippen molar-refractivity contribution in [1.29, 1.82) is 5.26 Å². The van der Waals surface area contributed by atoms with Crippen LogP contribution in [0.2, 0.25) is 0 Å². The number of hydrogen-bond donors (Lipinski definition) is 0. The molecule has 1 saturated heterocycles. The molecule has 0 aliphatic carbocycles. The predicted octanol–water partition coefficient (Wildman–Crippen LogP) is 2.33. The summed E-state index contributed by atoms with van der Waals surface area (Å²) in [5, 5.41) is 19.6. The van der Waals surface area contributed by atoms with Crippen molar-refractivity contribution in [3.63, 3.8) is 0 Å². The first-order valence-corrected chi connectivity index (χ1v) is 8.31. The van der Waals surface area contributed by atoms with Gasteiger partial charge in [-0.15, -0.1) is 0 Å². The quantitative estimate of drug-likeness (QED) is 0.613. The zero-order chi connectivity index (χ0) is 18.0. The number of thiocarbonyl (C=S) groups is 1. The Kier molecular flexibility index (Phi) is 4.65. The van der Waals surface area contributed by atoms with Gasteiger partial charge in [0.2, 0.25) is 0 Å². The summed E-state index contributed by atoms with van der Waals surface area (Å²) in [6, 6.07) is 14.6. The van der Waals surface area contributed by atoms with Crippen LogP contribution in [0.4, 0.5) is 5.69 Å². The Hall–Kier alpha value is -2.95. The molecule has 0 saturated carbocycles. The molecule has 0 bridgehead atoms. The van der Waals surface area contributed by atoms with Gasteiger partial charge in [-0.25, -0.2) is 0 Å². The summed E-state index contributed by atoms with van der Waals surface area (Å²) >= 11 is 6.44. The van der Waals surface area contributed by atoms with Gasteiger partial charge in [-0.2, -0.15) is 5.26 Å². The van der Waals surface area contributed by atoms with E-state index >= 15 is 0 Å². The molecule has 0 spiro atoms. The first kappa shape index (κ1) is 16.9. The van der Waals surface area contributed by atoms with Gasteiger partial charge < -0.3 is 9.90 Å². The number of rotatable bonds is 3. The molecule has 0 radical (unpaired) electrons. The summed E-state index contributed by atoms with van der Waals surface area (Å²) < 4.78 is 0.367. The largest absolute Gasteiger partial charge is 0.545 e. The van der Waals surface area contributed by atoms with E-state index in [2.05, 4.69) is 0 Å². The number of nitriles is 1. The third-order valence-corrected chi connectivity index (χ3v) is 4.79. The number of carbonyl (C=O) groups excluding carboxylic acids is 2. The third kappa shape index (κ3) is 3.45. The standard InChI is InChI=1S/C18H10N2O3S2/c19-10-12-3-1-11(2-4-12)9-15-16(21)20(18(24)25-15)14-7-5-13(6-8-14)17(22)23/h1-9H,(H,22,23)/p-1/b15-9+. The van der Waals surface area contributed by atoms with Crippen LogP contribution in [0.5, 0.6) is 0 Å². The number of carboxylic acids is 1. The Morgan fingerprint density at radius 3 is 2.36 bits per heavy atom. The zero-order valence-corrected chi connectivity index (χ0v) is 14.3. The number of thioether (sulfide) groups is 1. The van der Waals surface area contributed by atoms with Crippen LogP contribution < -0.4 is 10.0 Å². The number of nitrogens with zero attached hydrogens (tertiary/aromatic N) is 2. The average Bonchev–Trinajstić information content (AvgIpc) is 2.89. The maximum atomic E-state index is 12.6. The molecular weight excluding hydrogens is 356 g/mol. The number of hydrogen-bond acceptors (Lipinski definition) is 6. The molecule has 2 aromatic carbocycles. The molecule has 1 fully saturated rings. The van der Waals surface area contributed by atoms with E-state index in [1.807, 2.05) is 6.07 Å². The number of aromatic carboxylic acids is 1. The molecule has 1 amide bonds. The minimum atomic E-state index is -1.28. The molecule has 0 unspecified atom stereocenters. The summed E-state index contributed by atoms with van der Waals surface area (Å²) in [7, 11) is 0. The highest BCUT2D eigenvalue weighted by Gasteiger charge is 2.33. The summed E-state index contributed by atoms with van der Waals surface area (Å²) in [6.45, 7) is 0. The lowest BCUT2D eigenvalue weighted by Gasteiger charge is -2.15. The highest BCUT2D eigenvalue weighted by atomic mass is 32.2. The van der Waals surface area contributed by atoms with Crippen molar-refractivity contribution in [2.24, 2.45) is 0 Å². The summed E-state index contributed by atoms with van der Waals surface area (Å²) in [5.74, 6) is -1.56. The number of anilines is 1. The minimum absolute atomic E-state index is 0.0299. The van der Waals surface area contributed by atoms with Crippen molar-refractivity contribution in [2.45, 2.75) is 0 Å². The van der Waals surface area contributed by atoms with E-state index < -0.39 is 5.97 Å². The fraction of sp³-hybridized carbons (Fsp3) is 0. The van der Waals surface area contributed by atoms with Gasteiger partial charge in [0.25, 0.3) is 5.91 Å². The van der Waals surface area contributed by atoms with Crippen LogP contribution in [0.25, 0.3) is 6.08 Å². The maximum absolute atomic E-state index is 12.6. The van der Waals surface area contributed by atoms with Crippen LogP contribution in [0.3, 0.4) is 0 Å². The molecule has 5 nitrogen and oxygen atoms in total. The van der Waals surface area contributed by atoms with E-state index in [4.69, 9.17) is 17.5 Å². The Morgan fingerprint density at radius 1 is 1.16 bits per heavy atom. The molecule has 0 atom stereocenters. The van der Waals surface area contributed by atoms with Crippen LogP contribution in [-0.2, 0) is 4.79 Å². The van der Waals surface area contributed by atoms with Crippen LogP contribution in [0, 0.1) is 11.3 Å². The highest BCUT2D eigenvalue weighted by molar-refractivity contribution is 8.27. The molecular formula is C18H9N2O3S2-. The molecule has 0 aromatic heterocycles. The monoisotopic (exact) mass is 365 g/mol. The molecule has 1 heterocycles. The zero-order valence-electron chi connectivity index (χ0n) is 12.6. The molecule has 7 heteroatoms. The second-order valence-electron chi connectivity index (χ2n) is 5.09. The fourth-order valence-corrected chi connectivity index (χ4v) is 3.54. The van der Waals surface area contributed by atoms with E-state index in [1.54, 1.807) is 30.3 Å². The van der Waals surface area contributed by atoms with Gasteiger partial charge in [-0.05, 0) is 41.5 Å². The summed E-state index contributed by atoms with van der Waals surface area (Å²) in [5.41, 5.74) is 1.85. The number of carbonyl (C=O) groups is 2. The molecule has 2 aromatic rings. The smallest absolute Gasteiger partial charge is 0.270 e. The average molecular weight is 365 g/mol. The van der Waals surface area contributed by atoms with Crippen molar-refractivity contribution >= 4 is 51.9 Å². The number of carboxylic acid groups (broad SMARTS) is 1. The topological polar surface area (TPSA) is 84.2 Å². The van der Waals surface area contributed by atoms with Gasteiger partial charge in [-0.3, -0.25) is 9.69 Å². The first-order valence-electron chi connectivity index (χ1n) is 7.09. The Bertz CT molecular complexity index is 942. The summed E-state index contributed by atoms with van der Waals surface area (Å²) in [6.07, 6.45) is 1.70. The van der Waals surface area contributed by atoms with Gasteiger partial charge in [0, 0.05) is 0 Å². The second kappa shape index (κ2) is 6.89. The Balaban J connectivity index is 1.87. The van der Waals surface area contributed by atoms with Crippen LogP contribution >= 0.6 is 24.0 Å². The van der Waals surface area contributed by atoms with Gasteiger partial charge in [0.1, 0.15) is 0 Å². The minimum Gasteiger partial charge on any atom is -0.545 e. The Morgan fingerprint density at radius 2 is 1.80 bits per heavy atom. The van der Waals surface area contributed by atoms with Crippen LogP contribution in [-0.4, -0.2) is 16.2 Å². The van der Waals surface area contributed by atoms with Crippen molar-refractivity contribution in [2.75, 3.05) is 4.90 Å². The van der Waals surface area contributed by atoms with Gasteiger partial charge in [0.05, 0.1) is 28.2 Å². The van der Waals surface area contributed by atoms with Gasteiger partial charge in [0.15, 0.2) is 4.32 Å². The summed E-state index contributed by atoms with van der Waals surface area (Å²) in [4.78, 5) is 25.3. The van der Waals surface area contributed by atoms with Crippen LogP contribution in [0.15, 0.2) is 53.4 Å². The lowest BCUT2D eigenvalue weighted by atomic mass is 10.1. The highest BCUT2D eigenvalue weighted by Crippen LogP contribution is 2.36. The van der Waals surface area contributed by atoms with E-state index in [9.17, 15) is 14.7 Å². The van der Waals surface area contributed by atoms with Gasteiger partial charge >= 0.3 is 0 Å². The van der Waals surface area contributed by atoms with E-state index in [0.717, 1.165) is 5.56 Å². The van der Waals surface area contributed by atoms with Crippen molar-refractivity contribution < 1.29 is 14.7 Å². The van der Waals surface area contributed by atoms with E-state index in [-0.39, 0.29) is 11.5 Å². The van der Waals surface area contributed by atoms with Crippen molar-refractivity contribution in [1.82, 2.24) is 0 Å². The lowest BCUT2D eigenvalue weighted by Crippen LogP contribution is -2.28. The first-order chi connectivity index (χ1) is 12.0. The molecule has 3 rings (SSSR count). The van der Waals surface area contributed by atoms with Gasteiger partial charge in [-0.1, -0.05) is 48.2 Å². The molecule has 1 aliphatic heterocycles. The molecule has 25 heavy (non-hydrogen) atoms. The molecule has 122 valence electrons. The predicted molar refractivity (Wildman–Crippen MR) is 97.6 cm³/mol. The fourth-order valence-electron chi connectivity index (χ4n) is 2.24. The van der Waals surface area contributed by atoms with Crippen LogP contribution in [0.1, 0.15) is 21.5 Å². The SMILES string of the molecule is N#Cc1ccc(/C=C2/SC(=S)N(c3ccc(C(=O)[O-])cc3)C2=O)cc1. The second-order valence-corrected chi connectivity index (χ2v) is 6.76. The third-order valence-electron chi connectivity index (χ3n) is 3.49. The normalized spacial score (nSPS) is 15.5.